The molecule has 8 heteroatoms. The van der Waals surface area contributed by atoms with Crippen LogP contribution in [0, 0.1) is 13.8 Å². The van der Waals surface area contributed by atoms with Crippen LogP contribution in [0.2, 0.25) is 5.02 Å². The predicted octanol–water partition coefficient (Wildman–Crippen LogP) is 4.52. The standard InChI is InChI=1S/C18H17ClN4O2S/c1-10-6-11(2)8-13(7-10)17-22-23-18(25-17)26-12(3)16(24)21-15-5-4-14(19)9-20-15/h4-9,12H,1-3H3,(H,20,21,24)/t12-/m0/s1. The summed E-state index contributed by atoms with van der Waals surface area (Å²) < 4.78 is 5.69. The van der Waals surface area contributed by atoms with E-state index < -0.39 is 5.25 Å². The molecule has 134 valence electrons. The lowest BCUT2D eigenvalue weighted by Crippen LogP contribution is -2.22. The molecule has 2 aromatic heterocycles. The number of carbonyl (C=O) groups excluding carboxylic acids is 1. The average Bonchev–Trinajstić information content (AvgIpc) is 3.04. The highest BCUT2D eigenvalue weighted by Crippen LogP contribution is 2.27. The fourth-order valence-corrected chi connectivity index (χ4v) is 3.15. The van der Waals surface area contributed by atoms with E-state index in [1.807, 2.05) is 26.0 Å². The minimum absolute atomic E-state index is 0.212. The summed E-state index contributed by atoms with van der Waals surface area (Å²) in [5, 5.41) is 11.2. The zero-order valence-electron chi connectivity index (χ0n) is 14.5. The molecule has 0 unspecified atom stereocenters. The molecule has 1 atom stereocenters. The smallest absolute Gasteiger partial charge is 0.277 e. The van der Waals surface area contributed by atoms with Gasteiger partial charge < -0.3 is 9.73 Å². The number of aryl methyl sites for hydroxylation is 2. The molecule has 2 heterocycles. The van der Waals surface area contributed by atoms with Crippen LogP contribution >= 0.6 is 23.4 Å². The van der Waals surface area contributed by atoms with Gasteiger partial charge in [0.25, 0.3) is 5.22 Å². The Labute approximate surface area is 160 Å². The molecule has 0 saturated carbocycles. The fraction of sp³-hybridized carbons (Fsp3) is 0.222. The summed E-state index contributed by atoms with van der Waals surface area (Å²) in [6.45, 7) is 5.79. The van der Waals surface area contributed by atoms with E-state index in [2.05, 4.69) is 26.6 Å². The monoisotopic (exact) mass is 388 g/mol. The Bertz CT molecular complexity index is 907. The van der Waals surface area contributed by atoms with Gasteiger partial charge in [-0.2, -0.15) is 0 Å². The molecule has 0 fully saturated rings. The van der Waals surface area contributed by atoms with Gasteiger partial charge in [-0.05, 0) is 45.0 Å². The van der Waals surface area contributed by atoms with Crippen LogP contribution in [0.15, 0.2) is 46.2 Å². The van der Waals surface area contributed by atoms with E-state index in [4.69, 9.17) is 16.0 Å². The van der Waals surface area contributed by atoms with Crippen LogP contribution in [0.1, 0.15) is 18.1 Å². The van der Waals surface area contributed by atoms with Crippen LogP contribution in [-0.2, 0) is 4.79 Å². The van der Waals surface area contributed by atoms with Gasteiger partial charge in [0, 0.05) is 11.8 Å². The van der Waals surface area contributed by atoms with Gasteiger partial charge in [-0.25, -0.2) is 4.98 Å². The van der Waals surface area contributed by atoms with E-state index in [0.717, 1.165) is 16.7 Å². The lowest BCUT2D eigenvalue weighted by atomic mass is 10.1. The number of pyridine rings is 1. The largest absolute Gasteiger partial charge is 0.411 e. The molecule has 0 aliphatic heterocycles. The Morgan fingerprint density at radius 3 is 2.58 bits per heavy atom. The number of halogens is 1. The molecule has 1 N–H and O–H groups in total. The second-order valence-electron chi connectivity index (χ2n) is 5.86. The number of nitrogens with one attached hydrogen (secondary N) is 1. The first kappa shape index (κ1) is 18.4. The normalized spacial score (nSPS) is 12.0. The molecule has 0 saturated heterocycles. The SMILES string of the molecule is Cc1cc(C)cc(-c2nnc(S[C@@H](C)C(=O)Nc3ccc(Cl)cn3)o2)c1. The topological polar surface area (TPSA) is 80.9 Å². The van der Waals surface area contributed by atoms with Crippen molar-refractivity contribution < 1.29 is 9.21 Å². The number of hydrogen-bond donors (Lipinski definition) is 1. The molecule has 6 nitrogen and oxygen atoms in total. The Morgan fingerprint density at radius 1 is 1.19 bits per heavy atom. The highest BCUT2D eigenvalue weighted by Gasteiger charge is 2.19. The Balaban J connectivity index is 1.66. The molecule has 1 aromatic carbocycles. The summed E-state index contributed by atoms with van der Waals surface area (Å²) in [5.41, 5.74) is 3.11. The van der Waals surface area contributed by atoms with E-state index >= 15 is 0 Å². The van der Waals surface area contributed by atoms with E-state index in [-0.39, 0.29) is 5.91 Å². The molecule has 1 amide bonds. The van der Waals surface area contributed by atoms with Crippen molar-refractivity contribution in [2.45, 2.75) is 31.2 Å². The quantitative estimate of drug-likeness (QED) is 0.647. The maximum Gasteiger partial charge on any atom is 0.277 e. The molecule has 0 bridgehead atoms. The highest BCUT2D eigenvalue weighted by atomic mass is 35.5. The van der Waals surface area contributed by atoms with Crippen molar-refractivity contribution in [3.63, 3.8) is 0 Å². The number of rotatable bonds is 5. The molecule has 0 aliphatic rings. The van der Waals surface area contributed by atoms with E-state index in [1.54, 1.807) is 19.1 Å². The first-order valence-electron chi connectivity index (χ1n) is 7.92. The van der Waals surface area contributed by atoms with Crippen molar-refractivity contribution in [3.05, 3.63) is 52.7 Å². The number of aromatic nitrogens is 3. The van der Waals surface area contributed by atoms with Crippen molar-refractivity contribution in [1.29, 1.82) is 0 Å². The first-order chi connectivity index (χ1) is 12.4. The first-order valence-corrected chi connectivity index (χ1v) is 9.18. The number of thioether (sulfide) groups is 1. The number of nitrogens with zero attached hydrogens (tertiary/aromatic N) is 3. The zero-order valence-corrected chi connectivity index (χ0v) is 16.1. The van der Waals surface area contributed by atoms with Crippen LogP contribution in [0.5, 0.6) is 0 Å². The average molecular weight is 389 g/mol. The third kappa shape index (κ3) is 4.62. The van der Waals surface area contributed by atoms with Gasteiger partial charge in [-0.3, -0.25) is 4.79 Å². The van der Waals surface area contributed by atoms with Gasteiger partial charge in [-0.15, -0.1) is 10.2 Å². The minimum atomic E-state index is -0.431. The second kappa shape index (κ2) is 7.88. The third-order valence-electron chi connectivity index (χ3n) is 3.50. The summed E-state index contributed by atoms with van der Waals surface area (Å²) in [5.74, 6) is 0.663. The van der Waals surface area contributed by atoms with Crippen molar-refractivity contribution in [1.82, 2.24) is 15.2 Å². The summed E-state index contributed by atoms with van der Waals surface area (Å²) >= 11 is 6.98. The number of anilines is 1. The molecular formula is C18H17ClN4O2S. The summed E-state index contributed by atoms with van der Waals surface area (Å²) in [6.07, 6.45) is 1.48. The summed E-state index contributed by atoms with van der Waals surface area (Å²) in [6, 6.07) is 9.35. The van der Waals surface area contributed by atoms with Gasteiger partial charge in [0.2, 0.25) is 11.8 Å². The molecule has 0 spiro atoms. The van der Waals surface area contributed by atoms with Gasteiger partial charge in [-0.1, -0.05) is 40.6 Å². The maximum absolute atomic E-state index is 12.3. The van der Waals surface area contributed by atoms with Crippen LogP contribution < -0.4 is 5.32 Å². The van der Waals surface area contributed by atoms with Crippen LogP contribution in [-0.4, -0.2) is 26.3 Å². The predicted molar refractivity (Wildman–Crippen MR) is 102 cm³/mol. The maximum atomic E-state index is 12.3. The number of amides is 1. The van der Waals surface area contributed by atoms with Gasteiger partial charge in [0.1, 0.15) is 5.82 Å². The van der Waals surface area contributed by atoms with Crippen LogP contribution in [0.3, 0.4) is 0 Å². The van der Waals surface area contributed by atoms with Gasteiger partial charge >= 0.3 is 0 Å². The minimum Gasteiger partial charge on any atom is -0.411 e. The molecule has 0 radical (unpaired) electrons. The van der Waals surface area contributed by atoms with Crippen molar-refractivity contribution in [2.24, 2.45) is 0 Å². The van der Waals surface area contributed by atoms with Gasteiger partial charge in [0.15, 0.2) is 0 Å². The van der Waals surface area contributed by atoms with E-state index in [1.165, 1.54) is 18.0 Å². The van der Waals surface area contributed by atoms with Crippen LogP contribution in [0.25, 0.3) is 11.5 Å². The summed E-state index contributed by atoms with van der Waals surface area (Å²) in [7, 11) is 0. The number of carbonyl (C=O) groups is 1. The number of hydrogen-bond acceptors (Lipinski definition) is 6. The highest BCUT2D eigenvalue weighted by molar-refractivity contribution is 8.00. The zero-order chi connectivity index (χ0) is 18.7. The van der Waals surface area contributed by atoms with Crippen LogP contribution in [0.4, 0.5) is 5.82 Å². The van der Waals surface area contributed by atoms with Gasteiger partial charge in [0.05, 0.1) is 10.3 Å². The second-order valence-corrected chi connectivity index (χ2v) is 7.59. The van der Waals surface area contributed by atoms with E-state index in [0.29, 0.717) is 22.0 Å². The molecule has 3 aromatic rings. The fourth-order valence-electron chi connectivity index (χ4n) is 2.35. The third-order valence-corrected chi connectivity index (χ3v) is 4.66. The Kier molecular flexibility index (Phi) is 5.58. The lowest BCUT2D eigenvalue weighted by Gasteiger charge is -2.09. The molecule has 3 rings (SSSR count). The van der Waals surface area contributed by atoms with Crippen molar-refractivity contribution >= 4 is 35.1 Å². The Morgan fingerprint density at radius 2 is 1.92 bits per heavy atom. The van der Waals surface area contributed by atoms with Crippen molar-refractivity contribution in [3.8, 4) is 11.5 Å². The molecule has 0 aliphatic carbocycles. The molecular weight excluding hydrogens is 372 g/mol. The molecule has 26 heavy (non-hydrogen) atoms. The summed E-state index contributed by atoms with van der Waals surface area (Å²) in [4.78, 5) is 16.3. The lowest BCUT2D eigenvalue weighted by molar-refractivity contribution is -0.115. The van der Waals surface area contributed by atoms with Crippen molar-refractivity contribution in [2.75, 3.05) is 5.32 Å². The van der Waals surface area contributed by atoms with E-state index in [9.17, 15) is 4.79 Å². The Hall–Kier alpha value is -2.38. The number of benzene rings is 1.